The van der Waals surface area contributed by atoms with E-state index < -0.39 is 35.1 Å². The standard InChI is InChI=1S/C31H43N3O5/c1-8-15-32(7)27(36)24-25-28(37)34(23(19-35)20(3)4)26(31(25)17-21(5)30(24,6)39-31)29(38)33(16-9-2)18-22-13-11-10-12-14-22/h8-14,20-21,23-26,35H,1-2,15-19H2,3-7H3/t21?,23-,24-,25-,26?,30+,31?/m0/s1. The second-order valence-electron chi connectivity index (χ2n) is 11.9. The Labute approximate surface area is 232 Å². The summed E-state index contributed by atoms with van der Waals surface area (Å²) in [6, 6.07) is 8.12. The summed E-state index contributed by atoms with van der Waals surface area (Å²) >= 11 is 0. The van der Waals surface area contributed by atoms with Gasteiger partial charge in [0.1, 0.15) is 11.6 Å². The number of aliphatic hydroxyl groups excluding tert-OH is 1. The van der Waals surface area contributed by atoms with Crippen LogP contribution in [0.2, 0.25) is 0 Å². The van der Waals surface area contributed by atoms with Gasteiger partial charge in [0.15, 0.2) is 0 Å². The van der Waals surface area contributed by atoms with Crippen LogP contribution < -0.4 is 0 Å². The van der Waals surface area contributed by atoms with Crippen LogP contribution in [0.1, 0.15) is 39.7 Å². The van der Waals surface area contributed by atoms with Gasteiger partial charge in [-0.2, -0.15) is 0 Å². The van der Waals surface area contributed by atoms with Gasteiger partial charge in [-0.1, -0.05) is 63.3 Å². The average Bonchev–Trinajstić information content (AvgIpc) is 3.41. The van der Waals surface area contributed by atoms with E-state index >= 15 is 0 Å². The third-order valence-electron chi connectivity index (χ3n) is 9.22. The number of likely N-dealkylation sites (N-methyl/N-ethyl adjacent to an activating group) is 1. The summed E-state index contributed by atoms with van der Waals surface area (Å²) in [5.74, 6) is -2.46. The van der Waals surface area contributed by atoms with Crippen molar-refractivity contribution < 1.29 is 24.2 Å². The van der Waals surface area contributed by atoms with Gasteiger partial charge in [0.2, 0.25) is 17.7 Å². The molecule has 1 aromatic rings. The average molecular weight is 538 g/mol. The molecule has 2 bridgehead atoms. The molecular weight excluding hydrogens is 494 g/mol. The number of aliphatic hydroxyl groups is 1. The number of carbonyl (C=O) groups is 3. The lowest BCUT2D eigenvalue weighted by molar-refractivity contribution is -0.158. The zero-order valence-electron chi connectivity index (χ0n) is 23.9. The largest absolute Gasteiger partial charge is 0.394 e. The highest BCUT2D eigenvalue weighted by atomic mass is 16.5. The van der Waals surface area contributed by atoms with Crippen LogP contribution >= 0.6 is 0 Å². The molecule has 3 saturated heterocycles. The van der Waals surface area contributed by atoms with Crippen LogP contribution in [-0.2, 0) is 25.7 Å². The summed E-state index contributed by atoms with van der Waals surface area (Å²) in [6.07, 6.45) is 3.81. The number of amides is 3. The van der Waals surface area contributed by atoms with Crippen molar-refractivity contribution in [3.8, 4) is 0 Å². The second-order valence-corrected chi connectivity index (χ2v) is 11.9. The molecule has 212 valence electrons. The fourth-order valence-electron chi connectivity index (χ4n) is 7.20. The molecule has 0 aromatic heterocycles. The van der Waals surface area contributed by atoms with Crippen LogP contribution in [-0.4, -0.2) is 87.6 Å². The van der Waals surface area contributed by atoms with E-state index in [1.807, 2.05) is 58.0 Å². The molecule has 0 radical (unpaired) electrons. The molecule has 3 heterocycles. The number of fused-ring (bicyclic) bond motifs is 1. The highest BCUT2D eigenvalue weighted by Gasteiger charge is 2.80. The van der Waals surface area contributed by atoms with Crippen molar-refractivity contribution in [3.05, 3.63) is 61.2 Å². The molecule has 3 fully saturated rings. The van der Waals surface area contributed by atoms with Gasteiger partial charge in [-0.3, -0.25) is 14.4 Å². The van der Waals surface area contributed by atoms with Gasteiger partial charge in [0.25, 0.3) is 0 Å². The fraction of sp³-hybridized carbons (Fsp3) is 0.581. The van der Waals surface area contributed by atoms with E-state index in [9.17, 15) is 19.5 Å². The Balaban J connectivity index is 1.85. The number of hydrogen-bond acceptors (Lipinski definition) is 5. The smallest absolute Gasteiger partial charge is 0.249 e. The molecule has 3 amide bonds. The molecule has 0 saturated carbocycles. The van der Waals surface area contributed by atoms with Gasteiger partial charge in [0.05, 0.1) is 30.1 Å². The normalized spacial score (nSPS) is 31.8. The quantitative estimate of drug-likeness (QED) is 0.439. The Morgan fingerprint density at radius 3 is 2.38 bits per heavy atom. The molecule has 8 heteroatoms. The third kappa shape index (κ3) is 4.51. The lowest BCUT2D eigenvalue weighted by Crippen LogP contribution is -2.59. The molecule has 3 aliphatic heterocycles. The first kappa shape index (κ1) is 29.0. The number of ether oxygens (including phenoxy) is 1. The van der Waals surface area contributed by atoms with Crippen molar-refractivity contribution in [1.29, 1.82) is 0 Å². The van der Waals surface area contributed by atoms with Gasteiger partial charge in [-0.25, -0.2) is 0 Å². The van der Waals surface area contributed by atoms with Crippen LogP contribution in [0.5, 0.6) is 0 Å². The highest BCUT2D eigenvalue weighted by molar-refractivity contribution is 5.99. The van der Waals surface area contributed by atoms with Crippen molar-refractivity contribution in [3.63, 3.8) is 0 Å². The van der Waals surface area contributed by atoms with Crippen LogP contribution in [0.4, 0.5) is 0 Å². The predicted molar refractivity (Wildman–Crippen MR) is 149 cm³/mol. The number of likely N-dealkylation sites (tertiary alicyclic amines) is 1. The Morgan fingerprint density at radius 2 is 1.82 bits per heavy atom. The lowest BCUT2D eigenvalue weighted by Gasteiger charge is -2.40. The van der Waals surface area contributed by atoms with Crippen LogP contribution in [0, 0.1) is 23.7 Å². The molecule has 7 atom stereocenters. The summed E-state index contributed by atoms with van der Waals surface area (Å²) in [6.45, 7) is 16.1. The van der Waals surface area contributed by atoms with Crippen molar-refractivity contribution >= 4 is 17.7 Å². The van der Waals surface area contributed by atoms with Gasteiger partial charge in [-0.05, 0) is 30.7 Å². The van der Waals surface area contributed by atoms with E-state index in [1.54, 1.807) is 33.9 Å². The Hall–Kier alpha value is -2.97. The fourth-order valence-corrected chi connectivity index (χ4v) is 7.20. The molecule has 0 aliphatic carbocycles. The molecule has 39 heavy (non-hydrogen) atoms. The van der Waals surface area contributed by atoms with E-state index in [0.717, 1.165) is 5.56 Å². The maximum atomic E-state index is 14.6. The lowest BCUT2D eigenvalue weighted by atomic mass is 9.62. The number of rotatable bonds is 11. The van der Waals surface area contributed by atoms with Gasteiger partial charge in [0, 0.05) is 26.7 Å². The monoisotopic (exact) mass is 537 g/mol. The number of nitrogens with zero attached hydrogens (tertiary/aromatic N) is 3. The minimum absolute atomic E-state index is 0.0588. The first-order valence-electron chi connectivity index (χ1n) is 13.9. The number of carbonyl (C=O) groups excluding carboxylic acids is 3. The van der Waals surface area contributed by atoms with E-state index in [2.05, 4.69) is 13.2 Å². The van der Waals surface area contributed by atoms with Crippen molar-refractivity contribution in [2.45, 2.75) is 63.9 Å². The van der Waals surface area contributed by atoms with Gasteiger partial charge < -0.3 is 24.5 Å². The third-order valence-corrected chi connectivity index (χ3v) is 9.22. The van der Waals surface area contributed by atoms with Crippen molar-refractivity contribution in [2.75, 3.05) is 26.7 Å². The van der Waals surface area contributed by atoms with Crippen LogP contribution in [0.25, 0.3) is 0 Å². The number of benzene rings is 1. The predicted octanol–water partition coefficient (Wildman–Crippen LogP) is 2.87. The topological polar surface area (TPSA) is 90.4 Å². The molecule has 1 spiro atoms. The first-order valence-corrected chi connectivity index (χ1v) is 13.9. The molecule has 1 aromatic carbocycles. The number of hydrogen-bond donors (Lipinski definition) is 1. The molecule has 1 N–H and O–H groups in total. The van der Waals surface area contributed by atoms with Crippen molar-refractivity contribution in [1.82, 2.24) is 14.7 Å². The summed E-state index contributed by atoms with van der Waals surface area (Å²) in [4.78, 5) is 47.7. The van der Waals surface area contributed by atoms with Crippen LogP contribution in [0.3, 0.4) is 0 Å². The van der Waals surface area contributed by atoms with Crippen LogP contribution in [0.15, 0.2) is 55.6 Å². The van der Waals surface area contributed by atoms with Gasteiger partial charge in [-0.15, -0.1) is 13.2 Å². The zero-order chi connectivity index (χ0) is 28.7. The summed E-state index contributed by atoms with van der Waals surface area (Å²) < 4.78 is 6.84. The van der Waals surface area contributed by atoms with Crippen molar-refractivity contribution in [2.24, 2.45) is 23.7 Å². The minimum atomic E-state index is -1.17. The summed E-state index contributed by atoms with van der Waals surface area (Å²) in [7, 11) is 1.70. The summed E-state index contributed by atoms with van der Waals surface area (Å²) in [5, 5.41) is 10.5. The highest BCUT2D eigenvalue weighted by Crippen LogP contribution is 2.66. The maximum absolute atomic E-state index is 14.6. The minimum Gasteiger partial charge on any atom is -0.394 e. The molecule has 3 aliphatic rings. The zero-order valence-corrected chi connectivity index (χ0v) is 23.9. The van der Waals surface area contributed by atoms with E-state index in [4.69, 9.17) is 4.74 Å². The van der Waals surface area contributed by atoms with Gasteiger partial charge >= 0.3 is 0 Å². The molecule has 8 nitrogen and oxygen atoms in total. The Bertz CT molecular complexity index is 1120. The SMILES string of the molecule is C=CCN(C)C(=O)[C@@H]1[C@H]2C(=O)N([C@@H](CO)C(C)C)C(C(=O)N(CC=C)Cc3ccccc3)C23CC(C)[C@@]1(C)O3. The van der Waals surface area contributed by atoms with E-state index in [0.29, 0.717) is 19.5 Å². The maximum Gasteiger partial charge on any atom is 0.249 e. The Morgan fingerprint density at radius 1 is 1.18 bits per heavy atom. The summed E-state index contributed by atoms with van der Waals surface area (Å²) in [5.41, 5.74) is -1.11. The van der Waals surface area contributed by atoms with E-state index in [1.165, 1.54) is 0 Å². The molecular formula is C31H43N3O5. The second kappa shape index (κ2) is 10.9. The molecule has 3 unspecified atom stereocenters. The molecule has 4 rings (SSSR count). The Kier molecular flexibility index (Phi) is 8.11. The first-order chi connectivity index (χ1) is 18.5. The van der Waals surface area contributed by atoms with E-state index in [-0.39, 0.29) is 42.7 Å².